The Bertz CT molecular complexity index is 831. The van der Waals surface area contributed by atoms with Gasteiger partial charge in [0.1, 0.15) is 5.52 Å². The van der Waals surface area contributed by atoms with Crippen LogP contribution in [0, 0.1) is 0 Å². The van der Waals surface area contributed by atoms with Crippen LogP contribution in [0.4, 0.5) is 0 Å². The fraction of sp³-hybridized carbons (Fsp3) is 0.294. The van der Waals surface area contributed by atoms with E-state index >= 15 is 0 Å². The maximum atomic E-state index is 12.9. The number of methoxy groups -OCH3 is 1. The SMILES string of the molecule is COCCN(Cc1ccccn1)C(=O)c1ccc2nnn(C)c2c1. The van der Waals surface area contributed by atoms with Gasteiger partial charge in [0.15, 0.2) is 0 Å². The van der Waals surface area contributed by atoms with E-state index in [1.54, 1.807) is 36.0 Å². The largest absolute Gasteiger partial charge is 0.383 e. The zero-order valence-corrected chi connectivity index (χ0v) is 13.7. The third kappa shape index (κ3) is 3.41. The van der Waals surface area contributed by atoms with Gasteiger partial charge in [0.2, 0.25) is 0 Å². The van der Waals surface area contributed by atoms with Gasteiger partial charge in [-0.05, 0) is 30.3 Å². The lowest BCUT2D eigenvalue weighted by molar-refractivity contribution is 0.0678. The first-order valence-corrected chi connectivity index (χ1v) is 7.66. The second-order valence-electron chi connectivity index (χ2n) is 5.46. The van der Waals surface area contributed by atoms with Gasteiger partial charge in [0.25, 0.3) is 5.91 Å². The van der Waals surface area contributed by atoms with Gasteiger partial charge >= 0.3 is 0 Å². The summed E-state index contributed by atoms with van der Waals surface area (Å²) >= 11 is 0. The van der Waals surface area contributed by atoms with E-state index in [9.17, 15) is 4.79 Å². The van der Waals surface area contributed by atoms with Crippen LogP contribution in [0.3, 0.4) is 0 Å². The minimum Gasteiger partial charge on any atom is -0.383 e. The monoisotopic (exact) mass is 325 g/mol. The number of fused-ring (bicyclic) bond motifs is 1. The van der Waals surface area contributed by atoms with Gasteiger partial charge in [-0.15, -0.1) is 5.10 Å². The number of pyridine rings is 1. The molecule has 0 saturated carbocycles. The molecule has 0 unspecified atom stereocenters. The molecular formula is C17H19N5O2. The number of carbonyl (C=O) groups excluding carboxylic acids is 1. The molecule has 2 aromatic heterocycles. The second-order valence-corrected chi connectivity index (χ2v) is 5.46. The number of rotatable bonds is 6. The Morgan fingerprint density at radius 1 is 1.29 bits per heavy atom. The Hall–Kier alpha value is -2.80. The van der Waals surface area contributed by atoms with Gasteiger partial charge in [0, 0.05) is 32.5 Å². The summed E-state index contributed by atoms with van der Waals surface area (Å²) in [5.41, 5.74) is 3.03. The highest BCUT2D eigenvalue weighted by Crippen LogP contribution is 2.15. The molecule has 1 aromatic carbocycles. The van der Waals surface area contributed by atoms with Crippen LogP contribution in [0.5, 0.6) is 0 Å². The Labute approximate surface area is 139 Å². The minimum absolute atomic E-state index is 0.0687. The van der Waals surface area contributed by atoms with Crippen LogP contribution in [-0.2, 0) is 18.3 Å². The van der Waals surface area contributed by atoms with E-state index in [1.807, 2.05) is 30.3 Å². The molecule has 0 bridgehead atoms. The summed E-state index contributed by atoms with van der Waals surface area (Å²) in [6.45, 7) is 1.40. The molecule has 0 aliphatic rings. The van der Waals surface area contributed by atoms with Gasteiger partial charge in [-0.2, -0.15) is 0 Å². The number of aromatic nitrogens is 4. The molecule has 0 spiro atoms. The molecule has 124 valence electrons. The molecule has 3 aromatic rings. The summed E-state index contributed by atoms with van der Waals surface area (Å²) in [4.78, 5) is 19.0. The topological polar surface area (TPSA) is 73.1 Å². The normalized spacial score (nSPS) is 10.9. The molecule has 0 aliphatic carbocycles. The molecule has 1 amide bonds. The number of hydrogen-bond donors (Lipinski definition) is 0. The van der Waals surface area contributed by atoms with Gasteiger partial charge in [-0.1, -0.05) is 11.3 Å². The van der Waals surface area contributed by atoms with Crippen LogP contribution in [0.1, 0.15) is 16.1 Å². The summed E-state index contributed by atoms with van der Waals surface area (Å²) in [6.07, 6.45) is 1.72. The Morgan fingerprint density at radius 3 is 2.92 bits per heavy atom. The van der Waals surface area contributed by atoms with Gasteiger partial charge in [0.05, 0.1) is 24.4 Å². The first-order chi connectivity index (χ1) is 11.7. The van der Waals surface area contributed by atoms with Crippen LogP contribution < -0.4 is 0 Å². The molecule has 7 nitrogen and oxygen atoms in total. The molecule has 2 heterocycles. The molecule has 0 atom stereocenters. The fourth-order valence-electron chi connectivity index (χ4n) is 2.49. The van der Waals surface area contributed by atoms with E-state index < -0.39 is 0 Å². The molecule has 3 rings (SSSR count). The van der Waals surface area contributed by atoms with Crippen molar-refractivity contribution in [2.24, 2.45) is 7.05 Å². The highest BCUT2D eigenvalue weighted by molar-refractivity contribution is 5.97. The van der Waals surface area contributed by atoms with E-state index in [0.717, 1.165) is 16.7 Å². The van der Waals surface area contributed by atoms with Crippen molar-refractivity contribution in [1.82, 2.24) is 24.9 Å². The van der Waals surface area contributed by atoms with E-state index in [1.165, 1.54) is 0 Å². The Balaban J connectivity index is 1.87. The number of aryl methyl sites for hydroxylation is 1. The molecule has 0 N–H and O–H groups in total. The first-order valence-electron chi connectivity index (χ1n) is 7.66. The Kier molecular flexibility index (Phi) is 4.81. The molecule has 0 fully saturated rings. The van der Waals surface area contributed by atoms with Crippen LogP contribution >= 0.6 is 0 Å². The van der Waals surface area contributed by atoms with Crippen molar-refractivity contribution >= 4 is 16.9 Å². The second kappa shape index (κ2) is 7.18. The van der Waals surface area contributed by atoms with Crippen molar-refractivity contribution < 1.29 is 9.53 Å². The zero-order valence-electron chi connectivity index (χ0n) is 13.7. The summed E-state index contributed by atoms with van der Waals surface area (Å²) in [5.74, 6) is -0.0687. The van der Waals surface area contributed by atoms with Crippen LogP contribution in [0.25, 0.3) is 11.0 Å². The Morgan fingerprint density at radius 2 is 2.17 bits per heavy atom. The van der Waals surface area contributed by atoms with Crippen molar-refractivity contribution in [2.75, 3.05) is 20.3 Å². The quantitative estimate of drug-likeness (QED) is 0.689. The van der Waals surface area contributed by atoms with Crippen molar-refractivity contribution in [3.05, 3.63) is 53.9 Å². The summed E-state index contributed by atoms with van der Waals surface area (Å²) in [7, 11) is 3.43. The predicted molar refractivity (Wildman–Crippen MR) is 89.4 cm³/mol. The predicted octanol–water partition coefficient (Wildman–Crippen LogP) is 1.65. The molecular weight excluding hydrogens is 306 g/mol. The molecule has 0 saturated heterocycles. The van der Waals surface area contributed by atoms with E-state index in [0.29, 0.717) is 25.3 Å². The standard InChI is InChI=1S/C17H19N5O2/c1-21-16-11-13(6-7-15(16)19-20-21)17(23)22(9-10-24-2)12-14-5-3-4-8-18-14/h3-8,11H,9-10,12H2,1-2H3. The summed E-state index contributed by atoms with van der Waals surface area (Å²) in [6, 6.07) is 11.1. The number of amides is 1. The molecule has 0 radical (unpaired) electrons. The maximum absolute atomic E-state index is 12.9. The van der Waals surface area contributed by atoms with Crippen molar-refractivity contribution in [2.45, 2.75) is 6.54 Å². The lowest BCUT2D eigenvalue weighted by atomic mass is 10.1. The highest BCUT2D eigenvalue weighted by atomic mass is 16.5. The number of ether oxygens (including phenoxy) is 1. The van der Waals surface area contributed by atoms with Gasteiger partial charge in [-0.3, -0.25) is 9.78 Å². The van der Waals surface area contributed by atoms with E-state index in [-0.39, 0.29) is 5.91 Å². The van der Waals surface area contributed by atoms with Crippen LogP contribution in [-0.4, -0.2) is 51.0 Å². The number of carbonyl (C=O) groups is 1. The van der Waals surface area contributed by atoms with Crippen molar-refractivity contribution in [3.8, 4) is 0 Å². The van der Waals surface area contributed by atoms with Crippen molar-refractivity contribution in [3.63, 3.8) is 0 Å². The van der Waals surface area contributed by atoms with Gasteiger partial charge < -0.3 is 9.64 Å². The average molecular weight is 325 g/mol. The first kappa shape index (κ1) is 16.1. The maximum Gasteiger partial charge on any atom is 0.254 e. The van der Waals surface area contributed by atoms with E-state index in [4.69, 9.17) is 4.74 Å². The van der Waals surface area contributed by atoms with Crippen LogP contribution in [0.15, 0.2) is 42.6 Å². The smallest absolute Gasteiger partial charge is 0.254 e. The third-order valence-electron chi connectivity index (χ3n) is 3.79. The van der Waals surface area contributed by atoms with Crippen LogP contribution in [0.2, 0.25) is 0 Å². The molecule has 0 aliphatic heterocycles. The molecule has 7 heteroatoms. The van der Waals surface area contributed by atoms with Crippen molar-refractivity contribution in [1.29, 1.82) is 0 Å². The lowest BCUT2D eigenvalue weighted by Crippen LogP contribution is -2.33. The number of nitrogens with zero attached hydrogens (tertiary/aromatic N) is 5. The summed E-state index contributed by atoms with van der Waals surface area (Å²) < 4.78 is 6.79. The average Bonchev–Trinajstić information content (AvgIpc) is 2.99. The molecule has 24 heavy (non-hydrogen) atoms. The lowest BCUT2D eigenvalue weighted by Gasteiger charge is -2.22. The fourth-order valence-corrected chi connectivity index (χ4v) is 2.49. The number of hydrogen-bond acceptors (Lipinski definition) is 5. The highest BCUT2D eigenvalue weighted by Gasteiger charge is 2.17. The third-order valence-corrected chi connectivity index (χ3v) is 3.79. The number of benzene rings is 1. The minimum atomic E-state index is -0.0687. The van der Waals surface area contributed by atoms with E-state index in [2.05, 4.69) is 15.3 Å². The zero-order chi connectivity index (χ0) is 16.9. The summed E-state index contributed by atoms with van der Waals surface area (Å²) in [5, 5.41) is 8.01. The van der Waals surface area contributed by atoms with Gasteiger partial charge in [-0.25, -0.2) is 4.68 Å².